The van der Waals surface area contributed by atoms with E-state index in [-0.39, 0.29) is 12.5 Å². The van der Waals surface area contributed by atoms with Crippen molar-refractivity contribution in [3.63, 3.8) is 0 Å². The van der Waals surface area contributed by atoms with Crippen molar-refractivity contribution in [3.8, 4) is 11.5 Å². The molecule has 1 heterocycles. The third kappa shape index (κ3) is 4.42. The maximum Gasteiger partial charge on any atom is 0.262 e. The summed E-state index contributed by atoms with van der Waals surface area (Å²) < 4.78 is 11.0. The van der Waals surface area contributed by atoms with Crippen molar-refractivity contribution in [2.45, 2.75) is 19.8 Å². The molecule has 0 fully saturated rings. The lowest BCUT2D eigenvalue weighted by molar-refractivity contribution is -0.118. The second-order valence-corrected chi connectivity index (χ2v) is 6.49. The van der Waals surface area contributed by atoms with Crippen LogP contribution in [0.4, 0.5) is 11.4 Å². The van der Waals surface area contributed by atoms with Crippen molar-refractivity contribution in [2.24, 2.45) is 0 Å². The fraction of sp³-hybridized carbons (Fsp3) is 0.318. The van der Waals surface area contributed by atoms with E-state index in [1.54, 1.807) is 7.11 Å². The van der Waals surface area contributed by atoms with Gasteiger partial charge in [0.1, 0.15) is 0 Å². The quantitative estimate of drug-likeness (QED) is 0.722. The average molecular weight is 366 g/mol. The lowest BCUT2D eigenvalue weighted by Gasteiger charge is -2.17. The number of rotatable bonds is 8. The van der Waals surface area contributed by atoms with E-state index in [1.165, 1.54) is 11.3 Å². The van der Waals surface area contributed by atoms with E-state index < -0.39 is 0 Å². The Kier molecular flexibility index (Phi) is 6.01. The zero-order valence-electron chi connectivity index (χ0n) is 16.0. The van der Waals surface area contributed by atoms with Crippen LogP contribution >= 0.6 is 0 Å². The number of carbonyl (C=O) groups excluding carboxylic acids is 1. The van der Waals surface area contributed by atoms with Crippen LogP contribution in [0.3, 0.4) is 0 Å². The molecular weight excluding hydrogens is 340 g/mol. The van der Waals surface area contributed by atoms with Gasteiger partial charge < -0.3 is 19.7 Å². The summed E-state index contributed by atoms with van der Waals surface area (Å²) in [7, 11) is 1.59. The molecule has 27 heavy (non-hydrogen) atoms. The molecule has 0 unspecified atom stereocenters. The maximum atomic E-state index is 12.3. The van der Waals surface area contributed by atoms with Gasteiger partial charge in [0.2, 0.25) is 0 Å². The van der Waals surface area contributed by atoms with Crippen LogP contribution in [0.15, 0.2) is 49.1 Å². The topological polar surface area (TPSA) is 50.8 Å². The van der Waals surface area contributed by atoms with Gasteiger partial charge in [0.15, 0.2) is 18.1 Å². The van der Waals surface area contributed by atoms with Crippen molar-refractivity contribution >= 4 is 17.3 Å². The highest BCUT2D eigenvalue weighted by Crippen LogP contribution is 2.31. The molecule has 0 aliphatic carbocycles. The molecule has 2 aromatic rings. The fourth-order valence-electron chi connectivity index (χ4n) is 3.32. The van der Waals surface area contributed by atoms with Crippen molar-refractivity contribution in [1.82, 2.24) is 0 Å². The predicted octanol–water partition coefficient (Wildman–Crippen LogP) is 3.82. The van der Waals surface area contributed by atoms with E-state index in [4.69, 9.17) is 9.47 Å². The molecule has 5 heteroatoms. The average Bonchev–Trinajstić information content (AvgIpc) is 3.09. The second-order valence-electron chi connectivity index (χ2n) is 6.49. The second kappa shape index (κ2) is 8.62. The molecule has 0 atom stereocenters. The predicted molar refractivity (Wildman–Crippen MR) is 109 cm³/mol. The molecule has 1 amide bonds. The zero-order chi connectivity index (χ0) is 19.2. The first-order chi connectivity index (χ1) is 13.1. The number of ether oxygens (including phenoxy) is 2. The first kappa shape index (κ1) is 18.8. The van der Waals surface area contributed by atoms with E-state index >= 15 is 0 Å². The van der Waals surface area contributed by atoms with Crippen LogP contribution in [-0.4, -0.2) is 32.7 Å². The van der Waals surface area contributed by atoms with E-state index in [2.05, 4.69) is 29.8 Å². The van der Waals surface area contributed by atoms with Crippen molar-refractivity contribution < 1.29 is 14.3 Å². The number of allylic oxidation sites excluding steroid dienone is 1. The van der Waals surface area contributed by atoms with Crippen LogP contribution in [0.1, 0.15) is 18.1 Å². The molecule has 0 bridgehead atoms. The van der Waals surface area contributed by atoms with Crippen LogP contribution in [-0.2, 0) is 17.6 Å². The summed E-state index contributed by atoms with van der Waals surface area (Å²) in [6.45, 7) is 7.80. The highest BCUT2D eigenvalue weighted by molar-refractivity contribution is 5.92. The normalized spacial score (nSPS) is 12.4. The minimum Gasteiger partial charge on any atom is -0.493 e. The number of benzene rings is 2. The Morgan fingerprint density at radius 2 is 2.11 bits per heavy atom. The number of fused-ring (bicyclic) bond motifs is 1. The number of hydrogen-bond acceptors (Lipinski definition) is 4. The van der Waals surface area contributed by atoms with E-state index in [9.17, 15) is 4.79 Å². The number of likely N-dealkylation sites (N-methyl/N-ethyl adjacent to an activating group) is 1. The van der Waals surface area contributed by atoms with Crippen LogP contribution < -0.4 is 19.7 Å². The molecule has 1 aliphatic heterocycles. The molecule has 0 aromatic heterocycles. The molecule has 1 N–H and O–H groups in total. The Morgan fingerprint density at radius 3 is 2.85 bits per heavy atom. The van der Waals surface area contributed by atoms with Gasteiger partial charge in [-0.05, 0) is 55.2 Å². The van der Waals surface area contributed by atoms with Gasteiger partial charge in [-0.3, -0.25) is 4.79 Å². The van der Waals surface area contributed by atoms with Gasteiger partial charge in [-0.15, -0.1) is 6.58 Å². The molecule has 1 aliphatic rings. The van der Waals surface area contributed by atoms with Crippen LogP contribution in [0, 0.1) is 0 Å². The smallest absolute Gasteiger partial charge is 0.262 e. The summed E-state index contributed by atoms with van der Waals surface area (Å²) in [6.07, 6.45) is 3.64. The number of carbonyl (C=O) groups is 1. The molecule has 142 valence electrons. The molecular formula is C22H26N2O3. The van der Waals surface area contributed by atoms with E-state index in [0.717, 1.165) is 37.2 Å². The molecule has 3 rings (SSSR count). The molecule has 2 aromatic carbocycles. The van der Waals surface area contributed by atoms with Crippen molar-refractivity contribution in [1.29, 1.82) is 0 Å². The van der Waals surface area contributed by atoms with Gasteiger partial charge in [0.25, 0.3) is 5.91 Å². The fourth-order valence-corrected chi connectivity index (χ4v) is 3.32. The summed E-state index contributed by atoms with van der Waals surface area (Å²) >= 11 is 0. The number of hydrogen-bond donors (Lipinski definition) is 1. The van der Waals surface area contributed by atoms with E-state index in [1.807, 2.05) is 36.4 Å². The minimum absolute atomic E-state index is 0.0776. The Bertz CT molecular complexity index is 832. The standard InChI is InChI=1S/C22H26N2O3/c1-4-6-16-7-10-20(21(13-16)26-3)27-15-22(25)23-18-9-8-17-11-12-24(5-2)19(17)14-18/h4,7-10,13-14H,1,5-6,11-12,15H2,2-3H3,(H,23,25). The number of nitrogens with zero attached hydrogens (tertiary/aromatic N) is 1. The third-order valence-electron chi connectivity index (χ3n) is 4.71. The van der Waals surface area contributed by atoms with Gasteiger partial charge >= 0.3 is 0 Å². The molecule has 0 spiro atoms. The largest absolute Gasteiger partial charge is 0.493 e. The number of methoxy groups -OCH3 is 1. The Labute approximate surface area is 160 Å². The van der Waals surface area contributed by atoms with Gasteiger partial charge in [-0.2, -0.15) is 0 Å². The summed E-state index contributed by atoms with van der Waals surface area (Å²) in [4.78, 5) is 14.6. The number of amides is 1. The highest BCUT2D eigenvalue weighted by Gasteiger charge is 2.18. The minimum atomic E-state index is -0.201. The molecule has 5 nitrogen and oxygen atoms in total. The Hall–Kier alpha value is -2.95. The molecule has 0 radical (unpaired) electrons. The van der Waals surface area contributed by atoms with Gasteiger partial charge in [0.05, 0.1) is 7.11 Å². The zero-order valence-corrected chi connectivity index (χ0v) is 16.0. The molecule has 0 saturated heterocycles. The summed E-state index contributed by atoms with van der Waals surface area (Å²) in [5.74, 6) is 0.957. The molecule has 0 saturated carbocycles. The summed E-state index contributed by atoms with van der Waals surface area (Å²) in [5, 5.41) is 2.91. The monoisotopic (exact) mass is 366 g/mol. The lowest BCUT2D eigenvalue weighted by atomic mass is 10.1. The number of nitrogens with one attached hydrogen (secondary N) is 1. The maximum absolute atomic E-state index is 12.3. The highest BCUT2D eigenvalue weighted by atomic mass is 16.5. The van der Waals surface area contributed by atoms with Crippen LogP contribution in [0.2, 0.25) is 0 Å². The third-order valence-corrected chi connectivity index (χ3v) is 4.71. The van der Waals surface area contributed by atoms with Crippen molar-refractivity contribution in [3.05, 3.63) is 60.2 Å². The Balaban J connectivity index is 1.61. The Morgan fingerprint density at radius 1 is 1.26 bits per heavy atom. The lowest BCUT2D eigenvalue weighted by Crippen LogP contribution is -2.21. The SMILES string of the molecule is C=CCc1ccc(OCC(=O)Nc2ccc3c(c2)N(CC)CC3)c(OC)c1. The first-order valence-corrected chi connectivity index (χ1v) is 9.23. The first-order valence-electron chi connectivity index (χ1n) is 9.23. The van der Waals surface area contributed by atoms with Crippen LogP contribution in [0.25, 0.3) is 0 Å². The summed E-state index contributed by atoms with van der Waals surface area (Å²) in [6, 6.07) is 11.7. The van der Waals surface area contributed by atoms with Crippen molar-refractivity contribution in [2.75, 3.05) is 37.0 Å². The van der Waals surface area contributed by atoms with Gasteiger partial charge in [-0.25, -0.2) is 0 Å². The van der Waals surface area contributed by atoms with Crippen LogP contribution in [0.5, 0.6) is 11.5 Å². The van der Waals surface area contributed by atoms with E-state index in [0.29, 0.717) is 11.5 Å². The number of anilines is 2. The van der Waals surface area contributed by atoms with Gasteiger partial charge in [-0.1, -0.05) is 18.2 Å². The van der Waals surface area contributed by atoms with Gasteiger partial charge in [0, 0.05) is 24.5 Å². The summed E-state index contributed by atoms with van der Waals surface area (Å²) in [5.41, 5.74) is 4.40.